The standard InChI is InChI=1S/C21H23N3O2S2/c1-3-19(28-17-11-7-15(22)8-12-17)20(25)24-21-23-18(13-27-21)14-5-9-16(10-6-14)26-4-2/h5-13,19H,3-4,22H2,1-2H3,(H,23,24,25). The molecule has 5 nitrogen and oxygen atoms in total. The Hall–Kier alpha value is -2.51. The molecule has 1 amide bonds. The molecule has 2 aromatic carbocycles. The molecule has 1 unspecified atom stereocenters. The number of carbonyl (C=O) groups is 1. The molecule has 0 radical (unpaired) electrons. The maximum absolute atomic E-state index is 12.7. The molecule has 3 rings (SSSR count). The molecular weight excluding hydrogens is 390 g/mol. The average Bonchev–Trinajstić information content (AvgIpc) is 3.16. The number of hydrogen-bond acceptors (Lipinski definition) is 6. The van der Waals surface area contributed by atoms with E-state index in [1.807, 2.05) is 67.8 Å². The molecule has 3 N–H and O–H groups in total. The SMILES string of the molecule is CCOc1ccc(-c2csc(NC(=O)C(CC)Sc3ccc(N)cc3)n2)cc1. The van der Waals surface area contributed by atoms with Crippen LogP contribution in [0.3, 0.4) is 0 Å². The van der Waals surface area contributed by atoms with Gasteiger partial charge in [-0.15, -0.1) is 23.1 Å². The molecule has 1 heterocycles. The van der Waals surface area contributed by atoms with E-state index < -0.39 is 0 Å². The molecule has 0 aliphatic heterocycles. The molecule has 0 saturated heterocycles. The van der Waals surface area contributed by atoms with Crippen LogP contribution in [-0.2, 0) is 4.79 Å². The highest BCUT2D eigenvalue weighted by Crippen LogP contribution is 2.29. The van der Waals surface area contributed by atoms with Gasteiger partial charge in [0.1, 0.15) is 5.75 Å². The van der Waals surface area contributed by atoms with E-state index in [0.29, 0.717) is 17.4 Å². The van der Waals surface area contributed by atoms with Crippen LogP contribution in [0.5, 0.6) is 5.75 Å². The van der Waals surface area contributed by atoms with Gasteiger partial charge < -0.3 is 15.8 Å². The lowest BCUT2D eigenvalue weighted by Gasteiger charge is -2.13. The predicted octanol–water partition coefficient (Wildman–Crippen LogP) is 5.30. The minimum atomic E-state index is -0.193. The summed E-state index contributed by atoms with van der Waals surface area (Å²) in [5.74, 6) is 0.789. The van der Waals surface area contributed by atoms with Crippen molar-refractivity contribution >= 4 is 39.8 Å². The molecule has 0 fully saturated rings. The first-order chi connectivity index (χ1) is 13.6. The molecule has 7 heteroatoms. The second-order valence-corrected chi connectivity index (χ2v) is 8.20. The Bertz CT molecular complexity index is 908. The van der Waals surface area contributed by atoms with Crippen LogP contribution in [0.4, 0.5) is 10.8 Å². The predicted molar refractivity (Wildman–Crippen MR) is 118 cm³/mol. The van der Waals surface area contributed by atoms with Gasteiger partial charge in [0.25, 0.3) is 0 Å². The Morgan fingerprint density at radius 1 is 1.18 bits per heavy atom. The highest BCUT2D eigenvalue weighted by molar-refractivity contribution is 8.00. The second-order valence-electron chi connectivity index (χ2n) is 6.07. The highest BCUT2D eigenvalue weighted by Gasteiger charge is 2.19. The number of rotatable bonds is 8. The number of ether oxygens (including phenoxy) is 1. The number of carbonyl (C=O) groups excluding carboxylic acids is 1. The number of benzene rings is 2. The Kier molecular flexibility index (Phi) is 6.95. The molecule has 0 bridgehead atoms. The third kappa shape index (κ3) is 5.27. The van der Waals surface area contributed by atoms with Gasteiger partial charge in [0.2, 0.25) is 5.91 Å². The summed E-state index contributed by atoms with van der Waals surface area (Å²) >= 11 is 2.95. The lowest BCUT2D eigenvalue weighted by atomic mass is 10.2. The molecule has 3 aromatic rings. The number of nitrogen functional groups attached to an aromatic ring is 1. The van der Waals surface area contributed by atoms with E-state index in [2.05, 4.69) is 10.3 Å². The van der Waals surface area contributed by atoms with Crippen molar-refractivity contribution in [3.63, 3.8) is 0 Å². The lowest BCUT2D eigenvalue weighted by molar-refractivity contribution is -0.115. The summed E-state index contributed by atoms with van der Waals surface area (Å²) in [7, 11) is 0. The number of nitrogens with one attached hydrogen (secondary N) is 1. The van der Waals surface area contributed by atoms with Gasteiger partial charge in [0.15, 0.2) is 5.13 Å². The van der Waals surface area contributed by atoms with Gasteiger partial charge in [-0.05, 0) is 61.9 Å². The Balaban J connectivity index is 1.64. The lowest BCUT2D eigenvalue weighted by Crippen LogP contribution is -2.24. The van der Waals surface area contributed by atoms with Gasteiger partial charge in [-0.2, -0.15) is 0 Å². The van der Waals surface area contributed by atoms with E-state index in [-0.39, 0.29) is 11.2 Å². The highest BCUT2D eigenvalue weighted by atomic mass is 32.2. The fourth-order valence-corrected chi connectivity index (χ4v) is 4.25. The van der Waals surface area contributed by atoms with Crippen LogP contribution in [0.1, 0.15) is 20.3 Å². The van der Waals surface area contributed by atoms with E-state index in [1.54, 1.807) is 0 Å². The van der Waals surface area contributed by atoms with Crippen molar-refractivity contribution in [3.8, 4) is 17.0 Å². The van der Waals surface area contributed by atoms with Crippen molar-refractivity contribution in [2.45, 2.75) is 30.4 Å². The quantitative estimate of drug-likeness (QED) is 0.387. The molecular formula is C21H23N3O2S2. The summed E-state index contributed by atoms with van der Waals surface area (Å²) in [6, 6.07) is 15.3. The van der Waals surface area contributed by atoms with Gasteiger partial charge >= 0.3 is 0 Å². The molecule has 0 spiro atoms. The molecule has 1 aromatic heterocycles. The van der Waals surface area contributed by atoms with E-state index in [9.17, 15) is 4.79 Å². The van der Waals surface area contributed by atoms with Crippen LogP contribution in [0.2, 0.25) is 0 Å². The molecule has 146 valence electrons. The number of nitrogens with two attached hydrogens (primary N) is 1. The van der Waals surface area contributed by atoms with E-state index in [4.69, 9.17) is 10.5 Å². The summed E-state index contributed by atoms with van der Waals surface area (Å²) in [5.41, 5.74) is 8.26. The third-order valence-electron chi connectivity index (χ3n) is 4.02. The van der Waals surface area contributed by atoms with E-state index in [0.717, 1.165) is 28.3 Å². The van der Waals surface area contributed by atoms with Gasteiger partial charge in [-0.3, -0.25) is 4.79 Å². The van der Waals surface area contributed by atoms with Crippen LogP contribution in [0, 0.1) is 0 Å². The van der Waals surface area contributed by atoms with E-state index in [1.165, 1.54) is 23.1 Å². The molecule has 0 saturated carbocycles. The first-order valence-corrected chi connectivity index (χ1v) is 10.9. The fourth-order valence-electron chi connectivity index (χ4n) is 2.57. The molecule has 0 aliphatic carbocycles. The number of nitrogens with zero attached hydrogens (tertiary/aromatic N) is 1. The van der Waals surface area contributed by atoms with Gasteiger partial charge in [0, 0.05) is 21.5 Å². The molecule has 28 heavy (non-hydrogen) atoms. The Labute approximate surface area is 173 Å². The minimum Gasteiger partial charge on any atom is -0.494 e. The largest absolute Gasteiger partial charge is 0.494 e. The van der Waals surface area contributed by atoms with Crippen LogP contribution < -0.4 is 15.8 Å². The van der Waals surface area contributed by atoms with Crippen molar-refractivity contribution in [3.05, 3.63) is 53.9 Å². The van der Waals surface area contributed by atoms with Crippen molar-refractivity contribution in [1.29, 1.82) is 0 Å². The number of amides is 1. The fraction of sp³-hybridized carbons (Fsp3) is 0.238. The van der Waals surface area contributed by atoms with Crippen molar-refractivity contribution in [2.75, 3.05) is 17.7 Å². The summed E-state index contributed by atoms with van der Waals surface area (Å²) in [5, 5.41) is 5.30. The van der Waals surface area contributed by atoms with Crippen LogP contribution >= 0.6 is 23.1 Å². The maximum atomic E-state index is 12.7. The van der Waals surface area contributed by atoms with Gasteiger partial charge in [0.05, 0.1) is 17.6 Å². The molecule has 1 atom stereocenters. The zero-order valence-corrected chi connectivity index (χ0v) is 17.5. The number of hydrogen-bond donors (Lipinski definition) is 2. The Morgan fingerprint density at radius 2 is 1.89 bits per heavy atom. The monoisotopic (exact) mass is 413 g/mol. The second kappa shape index (κ2) is 9.61. The van der Waals surface area contributed by atoms with Gasteiger partial charge in [-0.25, -0.2) is 4.98 Å². The zero-order valence-electron chi connectivity index (χ0n) is 15.8. The summed E-state index contributed by atoms with van der Waals surface area (Å²) in [6.45, 7) is 4.60. The van der Waals surface area contributed by atoms with Crippen molar-refractivity contribution in [2.24, 2.45) is 0 Å². The van der Waals surface area contributed by atoms with Gasteiger partial charge in [-0.1, -0.05) is 6.92 Å². The van der Waals surface area contributed by atoms with Crippen molar-refractivity contribution < 1.29 is 9.53 Å². The normalized spacial score (nSPS) is 11.8. The first kappa shape index (κ1) is 20.2. The number of anilines is 2. The smallest absolute Gasteiger partial charge is 0.239 e. The van der Waals surface area contributed by atoms with Crippen LogP contribution in [-0.4, -0.2) is 22.7 Å². The maximum Gasteiger partial charge on any atom is 0.239 e. The van der Waals surface area contributed by atoms with Crippen molar-refractivity contribution in [1.82, 2.24) is 4.98 Å². The summed E-state index contributed by atoms with van der Waals surface area (Å²) in [4.78, 5) is 18.2. The zero-order chi connectivity index (χ0) is 19.9. The topological polar surface area (TPSA) is 77.2 Å². The van der Waals surface area contributed by atoms with E-state index >= 15 is 0 Å². The summed E-state index contributed by atoms with van der Waals surface area (Å²) < 4.78 is 5.46. The molecule has 0 aliphatic rings. The summed E-state index contributed by atoms with van der Waals surface area (Å²) in [6.07, 6.45) is 0.720. The number of thioether (sulfide) groups is 1. The minimum absolute atomic E-state index is 0.0445. The number of aromatic nitrogens is 1. The third-order valence-corrected chi connectivity index (χ3v) is 6.15. The number of thiazole rings is 1. The van der Waals surface area contributed by atoms with Crippen LogP contribution in [0.25, 0.3) is 11.3 Å². The first-order valence-electron chi connectivity index (χ1n) is 9.11. The van der Waals surface area contributed by atoms with Crippen LogP contribution in [0.15, 0.2) is 58.8 Å². The average molecular weight is 414 g/mol. The Morgan fingerprint density at radius 3 is 2.54 bits per heavy atom.